The second-order valence-electron chi connectivity index (χ2n) is 4.84. The summed E-state index contributed by atoms with van der Waals surface area (Å²) in [4.78, 5) is 16.4. The summed E-state index contributed by atoms with van der Waals surface area (Å²) in [5.74, 6) is -2.04. The predicted molar refractivity (Wildman–Crippen MR) is 79.2 cm³/mol. The molecule has 0 aliphatic rings. The van der Waals surface area contributed by atoms with Crippen molar-refractivity contribution < 1.29 is 29.7 Å². The first-order valence-electron chi connectivity index (χ1n) is 6.88. The first kappa shape index (κ1) is 16.8. The van der Waals surface area contributed by atoms with Gasteiger partial charge < -0.3 is 30.6 Å². The maximum Gasteiger partial charge on any atom is 0.361 e. The lowest BCUT2D eigenvalue weighted by molar-refractivity contribution is -0.157. The zero-order valence-corrected chi connectivity index (χ0v) is 12.2. The average Bonchev–Trinajstić information content (AvgIpc) is 2.85. The van der Waals surface area contributed by atoms with E-state index in [0.717, 1.165) is 17.7 Å². The Morgan fingerprint density at radius 3 is 2.35 bits per heavy atom. The number of aliphatic hydroxyl groups excluding tert-OH is 1. The Morgan fingerprint density at radius 1 is 1.13 bits per heavy atom. The Kier molecular flexibility index (Phi) is 5.58. The third-order valence-electron chi connectivity index (χ3n) is 3.01. The highest BCUT2D eigenvalue weighted by molar-refractivity contribution is 5.74. The molecule has 23 heavy (non-hydrogen) atoms. The van der Waals surface area contributed by atoms with Crippen LogP contribution in [0.5, 0.6) is 11.8 Å². The number of ether oxygens (including phenoxy) is 1. The molecule has 2 aromatic rings. The Morgan fingerprint density at radius 2 is 1.74 bits per heavy atom. The van der Waals surface area contributed by atoms with Gasteiger partial charge in [-0.25, -0.2) is 4.79 Å². The highest BCUT2D eigenvalue weighted by Gasteiger charge is 2.23. The number of hydrogen-bond donors (Lipinski definition) is 4. The largest absolute Gasteiger partial charge is 0.492 e. The number of carbonyl (C=O) groups excluding carboxylic acids is 1. The quantitative estimate of drug-likeness (QED) is 0.533. The van der Waals surface area contributed by atoms with Crippen molar-refractivity contribution in [3.05, 3.63) is 48.0 Å². The zero-order valence-electron chi connectivity index (χ0n) is 12.2. The lowest BCUT2D eigenvalue weighted by atomic mass is 10.2. The van der Waals surface area contributed by atoms with Crippen molar-refractivity contribution in [2.75, 3.05) is 0 Å². The smallest absolute Gasteiger partial charge is 0.361 e. The van der Waals surface area contributed by atoms with Crippen LogP contribution in [0.2, 0.25) is 0 Å². The molecule has 1 heterocycles. The molecule has 0 bridgehead atoms. The predicted octanol–water partition coefficient (Wildman–Crippen LogP) is 0.107. The highest BCUT2D eigenvalue weighted by Crippen LogP contribution is 2.19. The molecule has 8 nitrogen and oxygen atoms in total. The fourth-order valence-electron chi connectivity index (χ4n) is 1.81. The molecule has 8 heteroatoms. The molecule has 0 saturated heterocycles. The van der Waals surface area contributed by atoms with Crippen LogP contribution in [0.4, 0.5) is 0 Å². The molecule has 0 aliphatic carbocycles. The van der Waals surface area contributed by atoms with Gasteiger partial charge in [0.2, 0.25) is 11.8 Å². The first-order valence-corrected chi connectivity index (χ1v) is 6.88. The fraction of sp³-hybridized carbons (Fsp3) is 0.267. The summed E-state index contributed by atoms with van der Waals surface area (Å²) >= 11 is 0. The van der Waals surface area contributed by atoms with Gasteiger partial charge >= 0.3 is 5.97 Å². The van der Waals surface area contributed by atoms with Gasteiger partial charge in [0.05, 0.1) is 6.61 Å². The maximum absolute atomic E-state index is 11.7. The molecular weight excluding hydrogens is 304 g/mol. The number of aromatic nitrogens is 1. The third kappa shape index (κ3) is 4.71. The molecule has 0 radical (unpaired) electrons. The minimum Gasteiger partial charge on any atom is -0.492 e. The number of aromatic hydroxyl groups is 2. The summed E-state index contributed by atoms with van der Waals surface area (Å²) in [6.07, 6.45) is -2.65. The Balaban J connectivity index is 1.81. The van der Waals surface area contributed by atoms with Crippen molar-refractivity contribution in [3.8, 4) is 11.8 Å². The molecule has 0 aliphatic heterocycles. The van der Waals surface area contributed by atoms with Crippen molar-refractivity contribution in [2.45, 2.75) is 25.4 Å². The minimum absolute atomic E-state index is 0.200. The molecule has 5 N–H and O–H groups in total. The summed E-state index contributed by atoms with van der Waals surface area (Å²) in [5, 5.41) is 28.5. The second kappa shape index (κ2) is 7.63. The van der Waals surface area contributed by atoms with Crippen molar-refractivity contribution in [3.63, 3.8) is 0 Å². The van der Waals surface area contributed by atoms with Gasteiger partial charge in [-0.3, -0.25) is 0 Å². The van der Waals surface area contributed by atoms with E-state index in [1.54, 1.807) is 0 Å². The van der Waals surface area contributed by atoms with Crippen LogP contribution in [0, 0.1) is 0 Å². The van der Waals surface area contributed by atoms with Gasteiger partial charge in [0.1, 0.15) is 6.23 Å². The van der Waals surface area contributed by atoms with Crippen LogP contribution >= 0.6 is 0 Å². The van der Waals surface area contributed by atoms with Gasteiger partial charge in [0.25, 0.3) is 0 Å². The van der Waals surface area contributed by atoms with Gasteiger partial charge in [-0.2, -0.15) is 0 Å². The molecule has 1 aromatic carbocycles. The standard InChI is InChI=1S/C15H18N2O6/c16-12(22-9-10-4-2-1-3-5-10)8-11(18)15(21)23-17-13(19)6-7-14(17)20/h1-7,11-12,18-20H,8-9,16H2. The Bertz CT molecular complexity index is 623. The zero-order chi connectivity index (χ0) is 16.8. The van der Waals surface area contributed by atoms with Gasteiger partial charge in [-0.05, 0) is 5.56 Å². The van der Waals surface area contributed by atoms with Gasteiger partial charge in [-0.15, -0.1) is 4.73 Å². The van der Waals surface area contributed by atoms with Crippen LogP contribution in [0.25, 0.3) is 0 Å². The van der Waals surface area contributed by atoms with E-state index in [1.165, 1.54) is 0 Å². The van der Waals surface area contributed by atoms with Crippen LogP contribution in [0.3, 0.4) is 0 Å². The van der Waals surface area contributed by atoms with Crippen molar-refractivity contribution >= 4 is 5.97 Å². The van der Waals surface area contributed by atoms with E-state index in [2.05, 4.69) is 4.84 Å². The number of rotatable bonds is 7. The second-order valence-corrected chi connectivity index (χ2v) is 4.84. The van der Waals surface area contributed by atoms with Crippen LogP contribution in [-0.4, -0.2) is 38.4 Å². The number of benzene rings is 1. The summed E-state index contributed by atoms with van der Waals surface area (Å²) in [6, 6.07) is 11.5. The Labute approximate surface area is 132 Å². The van der Waals surface area contributed by atoms with Crippen molar-refractivity contribution in [1.82, 2.24) is 4.73 Å². The van der Waals surface area contributed by atoms with Crippen molar-refractivity contribution in [1.29, 1.82) is 0 Å². The van der Waals surface area contributed by atoms with Crippen LogP contribution in [0.1, 0.15) is 12.0 Å². The van der Waals surface area contributed by atoms with Crippen molar-refractivity contribution in [2.24, 2.45) is 5.73 Å². The molecule has 2 atom stereocenters. The topological polar surface area (TPSA) is 127 Å². The molecule has 0 fully saturated rings. The normalized spacial score (nSPS) is 13.5. The number of nitrogens with two attached hydrogens (primary N) is 1. The van der Waals surface area contributed by atoms with E-state index in [9.17, 15) is 20.1 Å². The minimum atomic E-state index is -1.57. The molecule has 0 saturated carbocycles. The summed E-state index contributed by atoms with van der Waals surface area (Å²) < 4.78 is 5.82. The number of nitrogens with zero attached hydrogens (tertiary/aromatic N) is 1. The summed E-state index contributed by atoms with van der Waals surface area (Å²) in [7, 11) is 0. The fourth-order valence-corrected chi connectivity index (χ4v) is 1.81. The number of carbonyl (C=O) groups is 1. The molecule has 0 spiro atoms. The highest BCUT2D eigenvalue weighted by atomic mass is 16.7. The number of aliphatic hydroxyl groups is 1. The van der Waals surface area contributed by atoms with E-state index in [4.69, 9.17) is 10.5 Å². The summed E-state index contributed by atoms with van der Waals surface area (Å²) in [5.41, 5.74) is 6.60. The first-order chi connectivity index (χ1) is 11.0. The molecule has 2 rings (SSSR count). The van der Waals surface area contributed by atoms with Gasteiger partial charge in [-0.1, -0.05) is 30.3 Å². The van der Waals surface area contributed by atoms with Crippen LogP contribution in [-0.2, 0) is 16.1 Å². The van der Waals surface area contributed by atoms with Crippen LogP contribution < -0.4 is 10.6 Å². The molecular formula is C15H18N2O6. The van der Waals surface area contributed by atoms with E-state index in [-0.39, 0.29) is 13.0 Å². The molecule has 2 unspecified atom stereocenters. The summed E-state index contributed by atoms with van der Waals surface area (Å²) in [6.45, 7) is 0.239. The third-order valence-corrected chi connectivity index (χ3v) is 3.01. The SMILES string of the molecule is NC(CC(O)C(=O)On1c(O)ccc1O)OCc1ccccc1. The number of hydrogen-bond acceptors (Lipinski definition) is 7. The molecule has 0 amide bonds. The lowest BCUT2D eigenvalue weighted by Gasteiger charge is -2.16. The van der Waals surface area contributed by atoms with Gasteiger partial charge in [0, 0.05) is 18.6 Å². The van der Waals surface area contributed by atoms with Crippen LogP contribution in [0.15, 0.2) is 42.5 Å². The lowest BCUT2D eigenvalue weighted by Crippen LogP contribution is -2.37. The van der Waals surface area contributed by atoms with E-state index in [1.807, 2.05) is 30.3 Å². The average molecular weight is 322 g/mol. The van der Waals surface area contributed by atoms with E-state index < -0.39 is 30.1 Å². The molecule has 124 valence electrons. The van der Waals surface area contributed by atoms with E-state index >= 15 is 0 Å². The Hall–Kier alpha value is -2.55. The monoisotopic (exact) mass is 322 g/mol. The van der Waals surface area contributed by atoms with Gasteiger partial charge in [0.15, 0.2) is 6.10 Å². The molecule has 1 aromatic heterocycles. The maximum atomic E-state index is 11.7. The van der Waals surface area contributed by atoms with E-state index in [0.29, 0.717) is 4.73 Å².